The highest BCUT2D eigenvalue weighted by Gasteiger charge is 2.28. The highest BCUT2D eigenvalue weighted by Crippen LogP contribution is 2.30. The first-order valence-corrected chi connectivity index (χ1v) is 11.5. The van der Waals surface area contributed by atoms with Gasteiger partial charge in [-0.25, -0.2) is 4.98 Å². The van der Waals surface area contributed by atoms with Crippen LogP contribution < -0.4 is 10.2 Å². The summed E-state index contributed by atoms with van der Waals surface area (Å²) in [4.78, 5) is 19.7. The first-order chi connectivity index (χ1) is 15.0. The summed E-state index contributed by atoms with van der Waals surface area (Å²) in [6.45, 7) is 7.93. The standard InChI is InChI=1S/C24H31N5O2/c1-15-16(2)25-22-14-21(20-10-13-31-17(20)3)27-29(22)24(15)28-11-8-19(9-12-28)26-23(30)18-6-4-5-7-18/h10,13-14,18-19H,4-9,11-12H2,1-3H3,(H,26,30). The second kappa shape index (κ2) is 8.02. The maximum Gasteiger partial charge on any atom is 0.223 e. The molecule has 5 rings (SSSR count). The Morgan fingerprint density at radius 2 is 1.87 bits per heavy atom. The van der Waals surface area contributed by atoms with Gasteiger partial charge in [0.2, 0.25) is 5.91 Å². The van der Waals surface area contributed by atoms with Crippen LogP contribution in [0.1, 0.15) is 55.5 Å². The van der Waals surface area contributed by atoms with Gasteiger partial charge >= 0.3 is 0 Å². The number of amides is 1. The van der Waals surface area contributed by atoms with Gasteiger partial charge in [-0.3, -0.25) is 4.79 Å². The largest absolute Gasteiger partial charge is 0.469 e. The van der Waals surface area contributed by atoms with E-state index >= 15 is 0 Å². The van der Waals surface area contributed by atoms with E-state index in [4.69, 9.17) is 14.5 Å². The SMILES string of the molecule is Cc1nc2cc(-c3ccoc3C)nn2c(N2CCC(NC(=O)C3CCCC3)CC2)c1C. The molecule has 1 aliphatic carbocycles. The zero-order valence-corrected chi connectivity index (χ0v) is 18.6. The average Bonchev–Trinajstić information content (AvgIpc) is 3.50. The fourth-order valence-electron chi connectivity index (χ4n) is 5.08. The number of anilines is 1. The Hall–Kier alpha value is -2.83. The maximum absolute atomic E-state index is 12.5. The van der Waals surface area contributed by atoms with E-state index in [9.17, 15) is 4.79 Å². The second-order valence-corrected chi connectivity index (χ2v) is 9.09. The predicted octanol–water partition coefficient (Wildman–Crippen LogP) is 4.19. The van der Waals surface area contributed by atoms with E-state index in [0.29, 0.717) is 0 Å². The number of aromatic nitrogens is 3. The zero-order chi connectivity index (χ0) is 21.5. The highest BCUT2D eigenvalue weighted by molar-refractivity contribution is 5.79. The van der Waals surface area contributed by atoms with Gasteiger partial charge in [0.25, 0.3) is 0 Å². The molecule has 0 atom stereocenters. The fraction of sp³-hybridized carbons (Fsp3) is 0.542. The van der Waals surface area contributed by atoms with Gasteiger partial charge in [0.1, 0.15) is 11.6 Å². The van der Waals surface area contributed by atoms with Crippen molar-refractivity contribution in [3.63, 3.8) is 0 Å². The minimum Gasteiger partial charge on any atom is -0.469 e. The van der Waals surface area contributed by atoms with Crippen molar-refractivity contribution >= 4 is 17.4 Å². The number of nitrogens with one attached hydrogen (secondary N) is 1. The molecule has 7 heteroatoms. The number of fused-ring (bicyclic) bond motifs is 1. The van der Waals surface area contributed by atoms with E-state index in [1.807, 2.05) is 23.6 Å². The van der Waals surface area contributed by atoms with Crippen molar-refractivity contribution in [2.45, 2.75) is 65.3 Å². The number of hydrogen-bond donors (Lipinski definition) is 1. The highest BCUT2D eigenvalue weighted by atomic mass is 16.3. The van der Waals surface area contributed by atoms with Crippen molar-refractivity contribution in [2.75, 3.05) is 18.0 Å². The first-order valence-electron chi connectivity index (χ1n) is 11.5. The van der Waals surface area contributed by atoms with E-state index < -0.39 is 0 Å². The van der Waals surface area contributed by atoms with Gasteiger partial charge in [-0.15, -0.1) is 0 Å². The van der Waals surface area contributed by atoms with E-state index in [0.717, 1.165) is 78.5 Å². The number of aryl methyl sites for hydroxylation is 2. The summed E-state index contributed by atoms with van der Waals surface area (Å²) in [7, 11) is 0. The summed E-state index contributed by atoms with van der Waals surface area (Å²) in [6.07, 6.45) is 8.09. The van der Waals surface area contributed by atoms with Crippen molar-refractivity contribution in [3.05, 3.63) is 35.4 Å². The molecule has 1 aliphatic heterocycles. The molecule has 4 heterocycles. The van der Waals surface area contributed by atoms with Gasteiger partial charge in [0.05, 0.1) is 12.0 Å². The summed E-state index contributed by atoms with van der Waals surface area (Å²) in [5.41, 5.74) is 4.91. The molecule has 2 fully saturated rings. The van der Waals surface area contributed by atoms with Gasteiger partial charge < -0.3 is 14.6 Å². The van der Waals surface area contributed by atoms with Gasteiger partial charge in [-0.2, -0.15) is 9.61 Å². The summed E-state index contributed by atoms with van der Waals surface area (Å²) < 4.78 is 7.45. The van der Waals surface area contributed by atoms with Crippen LogP contribution in [0.25, 0.3) is 16.9 Å². The molecule has 0 unspecified atom stereocenters. The van der Waals surface area contributed by atoms with Gasteiger partial charge in [0, 0.05) is 47.9 Å². The minimum atomic E-state index is 0.233. The van der Waals surface area contributed by atoms with Crippen LogP contribution in [0.2, 0.25) is 0 Å². The smallest absolute Gasteiger partial charge is 0.223 e. The molecule has 1 N–H and O–H groups in total. The molecule has 0 aromatic carbocycles. The van der Waals surface area contributed by atoms with Crippen molar-refractivity contribution < 1.29 is 9.21 Å². The first kappa shape index (κ1) is 20.1. The molecule has 164 valence electrons. The van der Waals surface area contributed by atoms with Crippen LogP contribution in [0, 0.1) is 26.7 Å². The molecule has 2 aliphatic rings. The Morgan fingerprint density at radius 1 is 1.13 bits per heavy atom. The Kier molecular flexibility index (Phi) is 5.20. The molecule has 1 amide bonds. The summed E-state index contributed by atoms with van der Waals surface area (Å²) in [5.74, 6) is 2.46. The van der Waals surface area contributed by atoms with Crippen LogP contribution in [0.4, 0.5) is 5.82 Å². The van der Waals surface area contributed by atoms with Crippen molar-refractivity contribution in [1.29, 1.82) is 0 Å². The third kappa shape index (κ3) is 3.70. The Balaban J connectivity index is 1.37. The number of piperidine rings is 1. The summed E-state index contributed by atoms with van der Waals surface area (Å²) >= 11 is 0. The van der Waals surface area contributed by atoms with Crippen LogP contribution in [-0.4, -0.2) is 39.6 Å². The Bertz CT molecular complexity index is 1100. The van der Waals surface area contributed by atoms with Crippen molar-refractivity contribution in [1.82, 2.24) is 19.9 Å². The molecular weight excluding hydrogens is 390 g/mol. The molecule has 0 spiro atoms. The lowest BCUT2D eigenvalue weighted by Crippen LogP contribution is -2.46. The van der Waals surface area contributed by atoms with Crippen LogP contribution in [0.3, 0.4) is 0 Å². The fourth-order valence-corrected chi connectivity index (χ4v) is 5.08. The molecular formula is C24H31N5O2. The van der Waals surface area contributed by atoms with Gasteiger partial charge in [-0.1, -0.05) is 12.8 Å². The number of carbonyl (C=O) groups is 1. The van der Waals surface area contributed by atoms with E-state index in [1.165, 1.54) is 12.8 Å². The van der Waals surface area contributed by atoms with E-state index in [2.05, 4.69) is 24.1 Å². The number of hydrogen-bond acceptors (Lipinski definition) is 5. The monoisotopic (exact) mass is 421 g/mol. The minimum absolute atomic E-state index is 0.233. The quantitative estimate of drug-likeness (QED) is 0.684. The lowest BCUT2D eigenvalue weighted by atomic mass is 10.0. The lowest BCUT2D eigenvalue weighted by Gasteiger charge is -2.35. The van der Waals surface area contributed by atoms with Crippen molar-refractivity contribution in [2.24, 2.45) is 5.92 Å². The molecule has 1 saturated carbocycles. The Labute approximate surface area is 182 Å². The van der Waals surface area contributed by atoms with Crippen molar-refractivity contribution in [3.8, 4) is 11.3 Å². The molecule has 1 saturated heterocycles. The molecule has 0 radical (unpaired) electrons. The molecule has 7 nitrogen and oxygen atoms in total. The molecule has 3 aromatic heterocycles. The van der Waals surface area contributed by atoms with Crippen LogP contribution >= 0.6 is 0 Å². The van der Waals surface area contributed by atoms with Crippen LogP contribution in [0.15, 0.2) is 22.8 Å². The molecule has 0 bridgehead atoms. The van der Waals surface area contributed by atoms with Gasteiger partial charge in [-0.05, 0) is 52.5 Å². The molecule has 3 aromatic rings. The number of furan rings is 1. The third-order valence-corrected chi connectivity index (χ3v) is 7.05. The van der Waals surface area contributed by atoms with Gasteiger partial charge in [0.15, 0.2) is 5.65 Å². The normalized spacial score (nSPS) is 18.2. The van der Waals surface area contributed by atoms with Crippen LogP contribution in [-0.2, 0) is 4.79 Å². The van der Waals surface area contributed by atoms with E-state index in [-0.39, 0.29) is 17.9 Å². The topological polar surface area (TPSA) is 75.7 Å². The predicted molar refractivity (Wildman–Crippen MR) is 120 cm³/mol. The second-order valence-electron chi connectivity index (χ2n) is 9.09. The average molecular weight is 422 g/mol. The number of rotatable bonds is 4. The van der Waals surface area contributed by atoms with Crippen LogP contribution in [0.5, 0.6) is 0 Å². The summed E-state index contributed by atoms with van der Waals surface area (Å²) in [6, 6.07) is 4.25. The third-order valence-electron chi connectivity index (χ3n) is 7.05. The maximum atomic E-state index is 12.5. The number of nitrogens with zero attached hydrogens (tertiary/aromatic N) is 4. The summed E-state index contributed by atoms with van der Waals surface area (Å²) in [5, 5.41) is 8.21. The molecule has 31 heavy (non-hydrogen) atoms. The number of carbonyl (C=O) groups excluding carboxylic acids is 1. The zero-order valence-electron chi connectivity index (χ0n) is 18.6. The lowest BCUT2D eigenvalue weighted by molar-refractivity contribution is -0.125. The van der Waals surface area contributed by atoms with E-state index in [1.54, 1.807) is 6.26 Å². The Morgan fingerprint density at radius 3 is 2.55 bits per heavy atom.